The number of rotatable bonds is 6. The van der Waals surface area contributed by atoms with Gasteiger partial charge in [0, 0.05) is 28.2 Å². The van der Waals surface area contributed by atoms with Crippen molar-refractivity contribution in [2.75, 3.05) is 0 Å². The molecule has 0 fully saturated rings. The summed E-state index contributed by atoms with van der Waals surface area (Å²) < 4.78 is 2.39. The molecule has 0 N–H and O–H groups in total. The van der Waals surface area contributed by atoms with Crippen LogP contribution in [0.15, 0.2) is 192 Å². The highest BCUT2D eigenvalue weighted by molar-refractivity contribution is 6.21. The quantitative estimate of drug-likeness (QED) is 0.128. The smallest absolute Gasteiger partial charge is 0.156 e. The van der Waals surface area contributed by atoms with Crippen LogP contribution in [0.25, 0.3) is 60.2 Å². The highest BCUT2D eigenvalue weighted by Gasteiger charge is 2.17. The third kappa shape index (κ3) is 5.35. The fourth-order valence-electron chi connectivity index (χ4n) is 7.17. The summed E-state index contributed by atoms with van der Waals surface area (Å²) >= 11 is 0. The molecule has 9 rings (SSSR count). The number of benzene rings is 8. The predicted molar refractivity (Wildman–Crippen MR) is 212 cm³/mol. The van der Waals surface area contributed by atoms with Gasteiger partial charge in [0.15, 0.2) is 5.84 Å². The van der Waals surface area contributed by atoms with E-state index in [9.17, 15) is 0 Å². The number of nitrogens with zero attached hydrogens (tertiary/aromatic N) is 3. The van der Waals surface area contributed by atoms with Crippen LogP contribution in [0.5, 0.6) is 0 Å². The molecule has 9 aromatic rings. The molecule has 0 bridgehead atoms. The first-order valence-electron chi connectivity index (χ1n) is 17.0. The second-order valence-electron chi connectivity index (χ2n) is 12.6. The van der Waals surface area contributed by atoms with Crippen LogP contribution < -0.4 is 0 Å². The highest BCUT2D eigenvalue weighted by Crippen LogP contribution is 2.38. The van der Waals surface area contributed by atoms with Crippen molar-refractivity contribution in [2.45, 2.75) is 6.54 Å². The van der Waals surface area contributed by atoms with Gasteiger partial charge in [-0.3, -0.25) is 4.99 Å². The molecule has 8 aromatic carbocycles. The maximum absolute atomic E-state index is 5.18. The van der Waals surface area contributed by atoms with E-state index >= 15 is 0 Å². The van der Waals surface area contributed by atoms with Crippen molar-refractivity contribution >= 4 is 55.4 Å². The van der Waals surface area contributed by atoms with Crippen LogP contribution >= 0.6 is 0 Å². The minimum Gasteiger partial charge on any atom is -0.309 e. The van der Waals surface area contributed by atoms with E-state index in [0.717, 1.165) is 44.3 Å². The summed E-state index contributed by atoms with van der Waals surface area (Å²) in [6.45, 7) is 0.534. The molecule has 0 saturated carbocycles. The Labute approximate surface area is 291 Å². The number of para-hydroxylation sites is 1. The van der Waals surface area contributed by atoms with Crippen LogP contribution in [-0.4, -0.2) is 16.6 Å². The van der Waals surface area contributed by atoms with Gasteiger partial charge < -0.3 is 4.57 Å². The largest absolute Gasteiger partial charge is 0.309 e. The van der Waals surface area contributed by atoms with Crippen molar-refractivity contribution in [1.29, 1.82) is 0 Å². The normalized spacial score (nSPS) is 12.1. The lowest BCUT2D eigenvalue weighted by Crippen LogP contribution is -2.04. The molecule has 0 aliphatic carbocycles. The van der Waals surface area contributed by atoms with Gasteiger partial charge in [0.2, 0.25) is 0 Å². The predicted octanol–water partition coefficient (Wildman–Crippen LogP) is 11.8. The van der Waals surface area contributed by atoms with Gasteiger partial charge in [0.05, 0.1) is 17.6 Å². The van der Waals surface area contributed by atoms with E-state index in [2.05, 4.69) is 162 Å². The van der Waals surface area contributed by atoms with E-state index < -0.39 is 0 Å². The molecule has 0 amide bonds. The lowest BCUT2D eigenvalue weighted by molar-refractivity contribution is 1.06. The molecule has 0 aliphatic heterocycles. The number of hydrogen-bond donors (Lipinski definition) is 0. The average Bonchev–Trinajstić information content (AvgIpc) is 3.53. The first kappa shape index (κ1) is 29.6. The van der Waals surface area contributed by atoms with Crippen LogP contribution in [0.2, 0.25) is 0 Å². The lowest BCUT2D eigenvalue weighted by atomic mass is 9.93. The third-order valence-electron chi connectivity index (χ3n) is 9.54. The Balaban J connectivity index is 1.21. The Morgan fingerprint density at radius 2 is 1.12 bits per heavy atom. The highest BCUT2D eigenvalue weighted by atomic mass is 15.0. The van der Waals surface area contributed by atoms with Crippen LogP contribution in [0.3, 0.4) is 0 Å². The summed E-state index contributed by atoms with van der Waals surface area (Å²) in [6, 6.07) is 64.4. The number of amidine groups is 1. The van der Waals surface area contributed by atoms with Crippen molar-refractivity contribution in [3.8, 4) is 16.8 Å². The molecule has 3 heteroatoms. The average molecular weight is 640 g/mol. The second kappa shape index (κ2) is 12.8. The van der Waals surface area contributed by atoms with Crippen LogP contribution in [0, 0.1) is 0 Å². The molecule has 1 aromatic heterocycles. The van der Waals surface area contributed by atoms with Gasteiger partial charge in [0.25, 0.3) is 0 Å². The minimum absolute atomic E-state index is 0.534. The van der Waals surface area contributed by atoms with Crippen molar-refractivity contribution in [2.24, 2.45) is 9.98 Å². The molecule has 0 spiro atoms. The number of fused-ring (bicyclic) bond motifs is 6. The Hall–Kier alpha value is -6.58. The molecular weight excluding hydrogens is 607 g/mol. The van der Waals surface area contributed by atoms with Crippen LogP contribution in [-0.2, 0) is 6.54 Å². The summed E-state index contributed by atoms with van der Waals surface area (Å²) in [5.41, 5.74) is 8.94. The standard InChI is InChI=1S/C47H33N3/c1-3-13-33(14-4-1)31-48-47(49-32-34-15-5-2-6-16-34)46-40-20-10-8-17-35(40)25-29-41(46)37-23-27-38(28-24-37)50-43-22-12-11-21-42(43)45-39-19-9-7-18-36(39)26-30-44(45)50/h1-31H,32H2/b48-31+,49-47-. The molecule has 0 atom stereocenters. The van der Waals surface area contributed by atoms with E-state index in [-0.39, 0.29) is 0 Å². The first-order chi connectivity index (χ1) is 24.8. The van der Waals surface area contributed by atoms with Gasteiger partial charge in [-0.15, -0.1) is 0 Å². The number of aliphatic imine (C=N–C) groups is 2. The van der Waals surface area contributed by atoms with Gasteiger partial charge in [-0.1, -0.05) is 158 Å². The van der Waals surface area contributed by atoms with Gasteiger partial charge in [0.1, 0.15) is 0 Å². The van der Waals surface area contributed by atoms with Crippen molar-refractivity contribution in [3.63, 3.8) is 0 Å². The zero-order chi connectivity index (χ0) is 33.3. The maximum atomic E-state index is 5.18. The van der Waals surface area contributed by atoms with Crippen LogP contribution in [0.1, 0.15) is 16.7 Å². The van der Waals surface area contributed by atoms with Gasteiger partial charge in [-0.05, 0) is 68.1 Å². The number of aromatic nitrogens is 1. The molecular formula is C47H33N3. The Morgan fingerprint density at radius 3 is 1.90 bits per heavy atom. The molecule has 236 valence electrons. The zero-order valence-corrected chi connectivity index (χ0v) is 27.4. The van der Waals surface area contributed by atoms with E-state index in [1.54, 1.807) is 0 Å². The van der Waals surface area contributed by atoms with Gasteiger partial charge in [-0.25, -0.2) is 4.99 Å². The summed E-state index contributed by atoms with van der Waals surface area (Å²) in [7, 11) is 0. The van der Waals surface area contributed by atoms with Crippen molar-refractivity contribution in [1.82, 2.24) is 4.57 Å². The molecule has 0 radical (unpaired) electrons. The Kier molecular flexibility index (Phi) is 7.56. The molecule has 1 heterocycles. The summed E-state index contributed by atoms with van der Waals surface area (Å²) in [4.78, 5) is 10.3. The minimum atomic E-state index is 0.534. The maximum Gasteiger partial charge on any atom is 0.156 e. The topological polar surface area (TPSA) is 29.6 Å². The molecule has 0 aliphatic rings. The lowest BCUT2D eigenvalue weighted by Gasteiger charge is -2.15. The van der Waals surface area contributed by atoms with E-state index in [1.807, 2.05) is 30.5 Å². The van der Waals surface area contributed by atoms with Crippen LogP contribution in [0.4, 0.5) is 0 Å². The van der Waals surface area contributed by atoms with Crippen molar-refractivity contribution < 1.29 is 0 Å². The monoisotopic (exact) mass is 639 g/mol. The summed E-state index contributed by atoms with van der Waals surface area (Å²) in [6.07, 6.45) is 1.92. The second-order valence-corrected chi connectivity index (χ2v) is 12.6. The fourth-order valence-corrected chi connectivity index (χ4v) is 7.17. The van der Waals surface area contributed by atoms with Gasteiger partial charge >= 0.3 is 0 Å². The Bertz CT molecular complexity index is 2700. The molecule has 0 saturated heterocycles. The third-order valence-corrected chi connectivity index (χ3v) is 9.54. The van der Waals surface area contributed by atoms with E-state index in [4.69, 9.17) is 9.98 Å². The molecule has 3 nitrogen and oxygen atoms in total. The Morgan fingerprint density at radius 1 is 0.500 bits per heavy atom. The van der Waals surface area contributed by atoms with Gasteiger partial charge in [-0.2, -0.15) is 0 Å². The van der Waals surface area contributed by atoms with E-state index in [0.29, 0.717) is 12.4 Å². The van der Waals surface area contributed by atoms with E-state index in [1.165, 1.54) is 32.6 Å². The summed E-state index contributed by atoms with van der Waals surface area (Å²) in [5, 5.41) is 7.35. The molecule has 0 unspecified atom stereocenters. The number of hydrogen-bond acceptors (Lipinski definition) is 1. The van der Waals surface area contributed by atoms with Crippen molar-refractivity contribution in [3.05, 3.63) is 199 Å². The zero-order valence-electron chi connectivity index (χ0n) is 27.4. The summed E-state index contributed by atoms with van der Waals surface area (Å²) in [5.74, 6) is 0.711. The molecule has 50 heavy (non-hydrogen) atoms. The first-order valence-corrected chi connectivity index (χ1v) is 17.0. The fraction of sp³-hybridized carbons (Fsp3) is 0.0213. The SMILES string of the molecule is C(=N\C(=N/Cc1ccccc1)c1c(-c2ccc(-n3c4ccccc4c4c5ccccc5ccc43)cc2)ccc2ccccc12)/c1ccccc1.